The van der Waals surface area contributed by atoms with Crippen LogP contribution >= 0.6 is 0 Å². The first-order valence-electron chi connectivity index (χ1n) is 11.5. The van der Waals surface area contributed by atoms with E-state index in [1.165, 1.54) is 51.4 Å². The lowest BCUT2D eigenvalue weighted by atomic mass is 9.98. The monoisotopic (exact) mass is 399 g/mol. The normalized spacial score (nSPS) is 11.2. The first-order chi connectivity index (χ1) is 14.1. The molecule has 0 spiro atoms. The summed E-state index contributed by atoms with van der Waals surface area (Å²) in [4.78, 5) is 27.1. The molecule has 160 valence electrons. The number of para-hydroxylation sites is 1. The standard InChI is InChI=1S/C25H37NO3/c1-2-3-4-5-6-7-8-9-10-11-18-23(27)25-20-15-12-13-16-21(20)26-22(25)17-14-19-24(28)29/h12-13,15-16,26H,2-11,14,17-19H2,1H3,(H,28,29). The van der Waals surface area contributed by atoms with Gasteiger partial charge >= 0.3 is 5.97 Å². The molecular weight excluding hydrogens is 362 g/mol. The van der Waals surface area contributed by atoms with E-state index in [4.69, 9.17) is 5.11 Å². The van der Waals surface area contributed by atoms with Gasteiger partial charge in [-0.15, -0.1) is 0 Å². The van der Waals surface area contributed by atoms with Crippen molar-refractivity contribution in [2.75, 3.05) is 0 Å². The van der Waals surface area contributed by atoms with Gasteiger partial charge < -0.3 is 10.1 Å². The maximum absolute atomic E-state index is 12.9. The molecule has 0 saturated heterocycles. The molecule has 0 saturated carbocycles. The number of Topliss-reactive ketones (excluding diaryl/α,β-unsaturated/α-hetero) is 1. The third-order valence-corrected chi connectivity index (χ3v) is 5.64. The summed E-state index contributed by atoms with van der Waals surface area (Å²) in [5.41, 5.74) is 2.63. The lowest BCUT2D eigenvalue weighted by Gasteiger charge is -2.05. The number of nitrogens with one attached hydrogen (secondary N) is 1. The number of fused-ring (bicyclic) bond motifs is 1. The molecule has 2 rings (SSSR count). The Bertz CT molecular complexity index is 763. The van der Waals surface area contributed by atoms with Gasteiger partial charge in [-0.2, -0.15) is 0 Å². The molecule has 0 bridgehead atoms. The van der Waals surface area contributed by atoms with E-state index in [2.05, 4.69) is 11.9 Å². The Hall–Kier alpha value is -2.10. The van der Waals surface area contributed by atoms with E-state index in [1.807, 2.05) is 24.3 Å². The number of carboxylic acid groups (broad SMARTS) is 1. The van der Waals surface area contributed by atoms with E-state index in [-0.39, 0.29) is 12.2 Å². The molecule has 0 atom stereocenters. The Morgan fingerprint density at radius 1 is 0.828 bits per heavy atom. The van der Waals surface area contributed by atoms with Crippen LogP contribution in [0, 0.1) is 0 Å². The Morgan fingerprint density at radius 3 is 2.10 bits per heavy atom. The fourth-order valence-corrected chi connectivity index (χ4v) is 4.02. The van der Waals surface area contributed by atoms with Crippen LogP contribution in [0.4, 0.5) is 0 Å². The second-order valence-corrected chi connectivity index (χ2v) is 8.13. The van der Waals surface area contributed by atoms with Gasteiger partial charge in [0.25, 0.3) is 0 Å². The van der Waals surface area contributed by atoms with Gasteiger partial charge in [0.1, 0.15) is 0 Å². The van der Waals surface area contributed by atoms with Crippen molar-refractivity contribution in [3.8, 4) is 0 Å². The first kappa shape index (κ1) is 23.2. The number of aryl methyl sites for hydroxylation is 1. The van der Waals surface area contributed by atoms with Crippen LogP contribution in [0.25, 0.3) is 10.9 Å². The van der Waals surface area contributed by atoms with E-state index in [0.29, 0.717) is 19.3 Å². The molecule has 0 fully saturated rings. The third kappa shape index (κ3) is 8.04. The lowest BCUT2D eigenvalue weighted by Crippen LogP contribution is -2.04. The zero-order valence-corrected chi connectivity index (χ0v) is 18.0. The van der Waals surface area contributed by atoms with Crippen LogP contribution < -0.4 is 0 Å². The number of rotatable bonds is 16. The molecule has 0 radical (unpaired) electrons. The number of H-pyrrole nitrogens is 1. The molecule has 1 heterocycles. The Morgan fingerprint density at radius 2 is 1.45 bits per heavy atom. The number of aromatic nitrogens is 1. The summed E-state index contributed by atoms with van der Waals surface area (Å²) in [5.74, 6) is -0.605. The first-order valence-corrected chi connectivity index (χ1v) is 11.5. The molecule has 0 aliphatic heterocycles. The van der Waals surface area contributed by atoms with Gasteiger partial charge in [-0.05, 0) is 25.3 Å². The highest BCUT2D eigenvalue weighted by Crippen LogP contribution is 2.26. The second-order valence-electron chi connectivity index (χ2n) is 8.13. The summed E-state index contributed by atoms with van der Waals surface area (Å²) < 4.78 is 0. The summed E-state index contributed by atoms with van der Waals surface area (Å²) >= 11 is 0. The number of unbranched alkanes of at least 4 members (excludes halogenated alkanes) is 9. The molecule has 2 aromatic rings. The predicted octanol–water partition coefficient (Wildman–Crippen LogP) is 7.07. The fourth-order valence-electron chi connectivity index (χ4n) is 4.02. The molecule has 1 aromatic carbocycles. The van der Waals surface area contributed by atoms with Crippen molar-refractivity contribution in [3.63, 3.8) is 0 Å². The maximum Gasteiger partial charge on any atom is 0.303 e. The number of carboxylic acids is 1. The zero-order valence-electron chi connectivity index (χ0n) is 18.0. The number of ketones is 1. The predicted molar refractivity (Wildman–Crippen MR) is 120 cm³/mol. The quantitative estimate of drug-likeness (QED) is 0.234. The average Bonchev–Trinajstić information content (AvgIpc) is 3.07. The topological polar surface area (TPSA) is 70.2 Å². The van der Waals surface area contributed by atoms with E-state index in [1.54, 1.807) is 0 Å². The summed E-state index contributed by atoms with van der Waals surface area (Å²) in [6.45, 7) is 2.25. The highest BCUT2D eigenvalue weighted by atomic mass is 16.4. The van der Waals surface area contributed by atoms with Crippen molar-refractivity contribution in [1.29, 1.82) is 0 Å². The summed E-state index contributed by atoms with van der Waals surface area (Å²) in [7, 11) is 0. The van der Waals surface area contributed by atoms with Crippen LogP contribution in [0.15, 0.2) is 24.3 Å². The van der Waals surface area contributed by atoms with Gasteiger partial charge in [0.2, 0.25) is 0 Å². The van der Waals surface area contributed by atoms with Gasteiger partial charge in [0, 0.05) is 35.0 Å². The van der Waals surface area contributed by atoms with E-state index in [0.717, 1.165) is 35.0 Å². The number of carbonyl (C=O) groups excluding carboxylic acids is 1. The van der Waals surface area contributed by atoms with Crippen LogP contribution in [0.3, 0.4) is 0 Å². The molecule has 0 aliphatic rings. The Labute approximate surface area is 175 Å². The second kappa shape index (κ2) is 13.2. The van der Waals surface area contributed by atoms with Crippen molar-refractivity contribution in [1.82, 2.24) is 4.98 Å². The van der Waals surface area contributed by atoms with E-state index in [9.17, 15) is 9.59 Å². The average molecular weight is 400 g/mol. The van der Waals surface area contributed by atoms with Crippen LogP contribution in [-0.4, -0.2) is 21.8 Å². The smallest absolute Gasteiger partial charge is 0.303 e. The molecule has 4 heteroatoms. The number of aliphatic carboxylic acids is 1. The number of carbonyl (C=O) groups is 2. The summed E-state index contributed by atoms with van der Waals surface area (Å²) in [5, 5.41) is 9.86. The number of aromatic amines is 1. The molecule has 4 nitrogen and oxygen atoms in total. The molecule has 0 amide bonds. The highest BCUT2D eigenvalue weighted by Gasteiger charge is 2.18. The Balaban J connectivity index is 1.79. The van der Waals surface area contributed by atoms with Crippen molar-refractivity contribution in [2.24, 2.45) is 0 Å². The van der Waals surface area contributed by atoms with Gasteiger partial charge in [0.15, 0.2) is 5.78 Å². The van der Waals surface area contributed by atoms with Crippen LogP contribution in [0.5, 0.6) is 0 Å². The van der Waals surface area contributed by atoms with E-state index < -0.39 is 5.97 Å². The minimum atomic E-state index is -0.792. The summed E-state index contributed by atoms with van der Waals surface area (Å²) in [6.07, 6.45) is 14.4. The SMILES string of the molecule is CCCCCCCCCCCCC(=O)c1c(CCCC(=O)O)[nH]c2ccccc12. The molecule has 0 aliphatic carbocycles. The molecule has 0 unspecified atom stereocenters. The number of hydrogen-bond donors (Lipinski definition) is 2. The zero-order chi connectivity index (χ0) is 20.9. The van der Waals surface area contributed by atoms with Crippen molar-refractivity contribution < 1.29 is 14.7 Å². The van der Waals surface area contributed by atoms with Crippen LogP contribution in [0.2, 0.25) is 0 Å². The van der Waals surface area contributed by atoms with Crippen molar-refractivity contribution >= 4 is 22.7 Å². The van der Waals surface area contributed by atoms with Gasteiger partial charge in [-0.25, -0.2) is 0 Å². The Kier molecular flexibility index (Phi) is 10.5. The largest absolute Gasteiger partial charge is 0.481 e. The lowest BCUT2D eigenvalue weighted by molar-refractivity contribution is -0.137. The molecule has 1 aromatic heterocycles. The highest BCUT2D eigenvalue weighted by molar-refractivity contribution is 6.09. The van der Waals surface area contributed by atoms with E-state index >= 15 is 0 Å². The van der Waals surface area contributed by atoms with Crippen LogP contribution in [-0.2, 0) is 11.2 Å². The number of hydrogen-bond acceptors (Lipinski definition) is 2. The van der Waals surface area contributed by atoms with Crippen molar-refractivity contribution in [3.05, 3.63) is 35.5 Å². The van der Waals surface area contributed by atoms with Gasteiger partial charge in [-0.1, -0.05) is 82.9 Å². The maximum atomic E-state index is 12.9. The van der Waals surface area contributed by atoms with Gasteiger partial charge in [0.05, 0.1) is 0 Å². The molecular formula is C25H37NO3. The third-order valence-electron chi connectivity index (χ3n) is 5.64. The molecule has 29 heavy (non-hydrogen) atoms. The number of benzene rings is 1. The summed E-state index contributed by atoms with van der Waals surface area (Å²) in [6, 6.07) is 7.87. The van der Waals surface area contributed by atoms with Crippen LogP contribution in [0.1, 0.15) is 106 Å². The van der Waals surface area contributed by atoms with Crippen molar-refractivity contribution in [2.45, 2.75) is 96.8 Å². The minimum absolute atomic E-state index is 0.126. The minimum Gasteiger partial charge on any atom is -0.481 e. The fraction of sp³-hybridized carbons (Fsp3) is 0.600. The molecule has 2 N–H and O–H groups in total. The van der Waals surface area contributed by atoms with Gasteiger partial charge in [-0.3, -0.25) is 9.59 Å².